The number of hydrogen-bond acceptors (Lipinski definition) is 8. The number of carbonyl (C=O) groups excluding carboxylic acids is 3. The molecule has 3 amide bonds. The van der Waals surface area contributed by atoms with Crippen molar-refractivity contribution in [1.29, 1.82) is 0 Å². The quantitative estimate of drug-likeness (QED) is 0.125. The predicted molar refractivity (Wildman–Crippen MR) is 182 cm³/mol. The smallest absolute Gasteiger partial charge is 0.416 e. The molecule has 2 aliphatic heterocycles. The molecule has 2 N–H and O–H groups in total. The molecular weight excluding hydrogens is 745 g/mol. The number of alkyl halides is 6. The van der Waals surface area contributed by atoms with Crippen molar-refractivity contribution in [3.63, 3.8) is 0 Å². The van der Waals surface area contributed by atoms with E-state index < -0.39 is 47.3 Å². The highest BCUT2D eigenvalue weighted by atomic mass is 32.2. The Morgan fingerprint density at radius 2 is 1.59 bits per heavy atom. The largest absolute Gasteiger partial charge is 0.478 e. The van der Waals surface area contributed by atoms with Gasteiger partial charge in [-0.05, 0) is 77.5 Å². The number of carboxylic acid groups (broad SMARTS) is 1. The number of anilines is 1. The second-order valence-corrected chi connectivity index (χ2v) is 14.0. The van der Waals surface area contributed by atoms with Gasteiger partial charge in [0.2, 0.25) is 11.8 Å². The van der Waals surface area contributed by atoms with Crippen LogP contribution in [0.4, 0.5) is 32.0 Å². The van der Waals surface area contributed by atoms with Crippen molar-refractivity contribution in [2.24, 2.45) is 0 Å². The molecule has 5 rings (SSSR count). The fourth-order valence-electron chi connectivity index (χ4n) is 5.33. The zero-order chi connectivity index (χ0) is 37.1. The highest BCUT2D eigenvalue weighted by molar-refractivity contribution is 8.26. The number of thiocarbonyl (C=S) groups is 1. The minimum absolute atomic E-state index is 0.00981. The SMILES string of the molecule is O=C(C[C@@H](CCC(=O)N1CCOCC1)N1C(=O)C(=Cc2cc(-c3cc(C(F)(F)F)cc(C(F)(F)F)c3)cs2)SC1=S)Nc1ccc(C(=O)O)cc1. The van der Waals surface area contributed by atoms with Gasteiger partial charge in [0.1, 0.15) is 4.32 Å². The van der Waals surface area contributed by atoms with Crippen LogP contribution in [0.5, 0.6) is 0 Å². The van der Waals surface area contributed by atoms with Crippen molar-refractivity contribution in [1.82, 2.24) is 9.80 Å². The maximum Gasteiger partial charge on any atom is 0.416 e. The van der Waals surface area contributed by atoms with Crippen LogP contribution in [0.3, 0.4) is 0 Å². The zero-order valence-corrected chi connectivity index (χ0v) is 28.6. The summed E-state index contributed by atoms with van der Waals surface area (Å²) >= 11 is 7.40. The Labute approximate surface area is 300 Å². The van der Waals surface area contributed by atoms with Gasteiger partial charge in [-0.15, -0.1) is 11.3 Å². The normalized spacial score (nSPS) is 16.9. The summed E-state index contributed by atoms with van der Waals surface area (Å²) in [5.41, 5.74) is -2.84. The molecule has 2 fully saturated rings. The van der Waals surface area contributed by atoms with Crippen molar-refractivity contribution in [2.75, 3.05) is 31.6 Å². The Kier molecular flexibility index (Phi) is 11.6. The first-order valence-electron chi connectivity index (χ1n) is 15.1. The van der Waals surface area contributed by atoms with Gasteiger partial charge in [0.15, 0.2) is 0 Å². The van der Waals surface area contributed by atoms with Crippen LogP contribution in [0.25, 0.3) is 17.2 Å². The summed E-state index contributed by atoms with van der Waals surface area (Å²) < 4.78 is 86.0. The molecule has 2 saturated heterocycles. The van der Waals surface area contributed by atoms with Crippen molar-refractivity contribution < 1.29 is 55.4 Å². The van der Waals surface area contributed by atoms with Crippen LogP contribution in [-0.4, -0.2) is 75.3 Å². The minimum atomic E-state index is -5.02. The predicted octanol–water partition coefficient (Wildman–Crippen LogP) is 7.39. The van der Waals surface area contributed by atoms with E-state index in [4.69, 9.17) is 22.1 Å². The lowest BCUT2D eigenvalue weighted by Gasteiger charge is -2.29. The van der Waals surface area contributed by atoms with E-state index in [2.05, 4.69) is 5.32 Å². The molecule has 1 atom stereocenters. The fraction of sp³-hybridized carbons (Fsp3) is 0.303. The number of carbonyl (C=O) groups is 4. The lowest BCUT2D eigenvalue weighted by atomic mass is 10.0. The molecule has 2 aliphatic rings. The van der Waals surface area contributed by atoms with Crippen molar-refractivity contribution in [3.05, 3.63) is 80.4 Å². The molecular formula is C33H27F6N3O6S3. The second kappa shape index (κ2) is 15.5. The Bertz CT molecular complexity index is 1840. The highest BCUT2D eigenvalue weighted by Gasteiger charge is 2.39. The van der Waals surface area contributed by atoms with E-state index in [1.54, 1.807) is 4.90 Å². The molecule has 0 saturated carbocycles. The minimum Gasteiger partial charge on any atom is -0.478 e. The molecule has 51 heavy (non-hydrogen) atoms. The molecule has 0 spiro atoms. The van der Waals surface area contributed by atoms with Gasteiger partial charge in [0, 0.05) is 42.5 Å². The number of ether oxygens (including phenoxy) is 1. The van der Waals surface area contributed by atoms with Crippen LogP contribution >= 0.6 is 35.3 Å². The van der Waals surface area contributed by atoms with Crippen molar-refractivity contribution in [2.45, 2.75) is 37.7 Å². The first-order chi connectivity index (χ1) is 24.0. The van der Waals surface area contributed by atoms with Crippen molar-refractivity contribution >= 4 is 75.1 Å². The topological polar surface area (TPSA) is 116 Å². The third-order valence-electron chi connectivity index (χ3n) is 7.89. The number of amides is 3. The van der Waals surface area contributed by atoms with E-state index >= 15 is 0 Å². The summed E-state index contributed by atoms with van der Waals surface area (Å²) in [6.45, 7) is 1.53. The number of rotatable bonds is 10. The van der Waals surface area contributed by atoms with E-state index in [1.165, 1.54) is 46.7 Å². The lowest BCUT2D eigenvalue weighted by Crippen LogP contribution is -2.43. The van der Waals surface area contributed by atoms with E-state index in [9.17, 15) is 45.5 Å². The molecule has 3 aromatic rings. The first-order valence-corrected chi connectivity index (χ1v) is 17.2. The van der Waals surface area contributed by atoms with Gasteiger partial charge >= 0.3 is 18.3 Å². The van der Waals surface area contributed by atoms with Gasteiger partial charge in [-0.3, -0.25) is 19.3 Å². The van der Waals surface area contributed by atoms with Gasteiger partial charge in [-0.25, -0.2) is 4.79 Å². The van der Waals surface area contributed by atoms with Gasteiger partial charge in [-0.1, -0.05) is 24.0 Å². The number of benzene rings is 2. The molecule has 0 bridgehead atoms. The molecule has 3 heterocycles. The second-order valence-electron chi connectivity index (χ2n) is 11.4. The fourth-order valence-corrected chi connectivity index (χ4v) is 7.64. The summed E-state index contributed by atoms with van der Waals surface area (Å²) in [5, 5.41) is 13.2. The number of nitrogens with zero attached hydrogens (tertiary/aromatic N) is 2. The summed E-state index contributed by atoms with van der Waals surface area (Å²) in [6.07, 6.45) is -8.88. The van der Waals surface area contributed by atoms with E-state index in [-0.39, 0.29) is 57.2 Å². The molecule has 270 valence electrons. The number of morpholine rings is 1. The first kappa shape index (κ1) is 38.0. The number of nitrogens with one attached hydrogen (secondary N) is 1. The third kappa shape index (κ3) is 9.55. The average Bonchev–Trinajstić information content (AvgIpc) is 3.65. The summed E-state index contributed by atoms with van der Waals surface area (Å²) in [5.74, 6) is -2.49. The zero-order valence-electron chi connectivity index (χ0n) is 26.2. The summed E-state index contributed by atoms with van der Waals surface area (Å²) in [7, 11) is 0. The Balaban J connectivity index is 1.37. The van der Waals surface area contributed by atoms with Gasteiger partial charge in [0.05, 0.1) is 34.8 Å². The lowest BCUT2D eigenvalue weighted by molar-refractivity contribution is -0.143. The van der Waals surface area contributed by atoms with E-state index in [0.717, 1.165) is 23.1 Å². The molecule has 18 heteroatoms. The molecule has 0 unspecified atom stereocenters. The molecule has 2 aromatic carbocycles. The summed E-state index contributed by atoms with van der Waals surface area (Å²) in [6, 6.07) is 7.18. The van der Waals surface area contributed by atoms with Crippen LogP contribution in [0.1, 0.15) is 45.6 Å². The Hall–Kier alpha value is -4.26. The number of thiophene rings is 1. The third-order valence-corrected chi connectivity index (χ3v) is 10.1. The summed E-state index contributed by atoms with van der Waals surface area (Å²) in [4.78, 5) is 54.3. The number of thioether (sulfide) groups is 1. The van der Waals surface area contributed by atoms with Crippen LogP contribution in [0.15, 0.2) is 58.8 Å². The van der Waals surface area contributed by atoms with Crippen LogP contribution < -0.4 is 5.32 Å². The molecule has 9 nitrogen and oxygen atoms in total. The number of hydrogen-bond donors (Lipinski definition) is 2. The molecule has 1 aromatic heterocycles. The Morgan fingerprint density at radius 1 is 0.961 bits per heavy atom. The van der Waals surface area contributed by atoms with Crippen molar-refractivity contribution in [3.8, 4) is 11.1 Å². The number of carboxylic acids is 1. The number of aromatic carboxylic acids is 1. The van der Waals surface area contributed by atoms with Crippen LogP contribution in [0, 0.1) is 0 Å². The van der Waals surface area contributed by atoms with E-state index in [0.29, 0.717) is 49.0 Å². The number of halogens is 6. The van der Waals surface area contributed by atoms with Gasteiger partial charge in [-0.2, -0.15) is 26.3 Å². The molecule has 0 aliphatic carbocycles. The van der Waals surface area contributed by atoms with Crippen LogP contribution in [-0.2, 0) is 31.5 Å². The maximum absolute atomic E-state index is 13.7. The van der Waals surface area contributed by atoms with Gasteiger partial charge in [0.25, 0.3) is 5.91 Å². The monoisotopic (exact) mass is 771 g/mol. The average molecular weight is 772 g/mol. The Morgan fingerprint density at radius 3 is 2.18 bits per heavy atom. The van der Waals surface area contributed by atoms with Crippen LogP contribution in [0.2, 0.25) is 0 Å². The standard InChI is InChI=1S/C33H27F6N3O6S3/c34-32(35,36)21-11-19(12-22(14-21)33(37,38)39)20-13-25(50-17-20)16-26-29(45)42(31(49)51-26)24(5-6-28(44)41-7-9-48-10-8-41)15-27(43)40-23-3-1-18(2-4-23)30(46)47/h1-4,11-14,16-17,24H,5-10,15H2,(H,40,43)(H,46,47)/t24-/m1/s1. The maximum atomic E-state index is 13.7. The molecule has 0 radical (unpaired) electrons. The highest BCUT2D eigenvalue weighted by Crippen LogP contribution is 2.41. The van der Waals surface area contributed by atoms with Gasteiger partial charge < -0.3 is 20.1 Å². The van der Waals surface area contributed by atoms with E-state index in [1.807, 2.05) is 0 Å².